The van der Waals surface area contributed by atoms with E-state index in [0.29, 0.717) is 0 Å². The number of rotatable bonds is 2. The lowest BCUT2D eigenvalue weighted by Gasteiger charge is -2.30. The van der Waals surface area contributed by atoms with E-state index in [0.717, 1.165) is 44.4 Å². The molecule has 0 atom stereocenters. The van der Waals surface area contributed by atoms with Gasteiger partial charge in [-0.25, -0.2) is 0 Å². The van der Waals surface area contributed by atoms with Crippen LogP contribution in [0, 0.1) is 0 Å². The Kier molecular flexibility index (Phi) is 5.99. The van der Waals surface area contributed by atoms with Gasteiger partial charge in [0, 0.05) is 21.7 Å². The van der Waals surface area contributed by atoms with E-state index in [4.69, 9.17) is 9.15 Å². The zero-order valence-electron chi connectivity index (χ0n) is 31.8. The molecule has 2 heteroatoms. The van der Waals surface area contributed by atoms with Crippen molar-refractivity contribution in [3.63, 3.8) is 0 Å². The van der Waals surface area contributed by atoms with Crippen molar-refractivity contribution < 1.29 is 9.15 Å². The highest BCUT2D eigenvalue weighted by Crippen LogP contribution is 2.64. The Morgan fingerprint density at radius 3 is 1.78 bits per heavy atom. The highest BCUT2D eigenvalue weighted by molar-refractivity contribution is 6.14. The first-order valence-corrected chi connectivity index (χ1v) is 20.4. The molecule has 0 radical (unpaired) electrons. The Hall–Kier alpha value is -7.68. The maximum absolute atomic E-state index is 6.52. The summed E-state index contributed by atoms with van der Waals surface area (Å²) in [6.45, 7) is 0. The fourth-order valence-corrected chi connectivity index (χ4v) is 11.1. The lowest BCUT2D eigenvalue weighted by atomic mass is 9.70. The molecule has 11 aromatic rings. The van der Waals surface area contributed by atoms with Gasteiger partial charge in [-0.15, -0.1) is 0 Å². The third-order valence-corrected chi connectivity index (χ3v) is 13.5. The van der Waals surface area contributed by atoms with Gasteiger partial charge >= 0.3 is 0 Å². The second kappa shape index (κ2) is 11.2. The number of para-hydroxylation sites is 2. The van der Waals surface area contributed by atoms with Crippen LogP contribution in [-0.2, 0) is 5.41 Å². The fraction of sp³-hybridized carbons (Fsp3) is 0.0175. The molecular weight excluding hydrogens is 717 g/mol. The SMILES string of the molecule is c1ccc2c(c1)Oc1ccc(-c3ccc4c(c3)-c3c(ccc5c(-c6ccc7oc8ccccc8c7c6)cccc35)C43c4ccccc4-c4ccccc43)c3cccc-2c13. The van der Waals surface area contributed by atoms with Crippen LogP contribution in [0.25, 0.3) is 99.1 Å². The summed E-state index contributed by atoms with van der Waals surface area (Å²) in [4.78, 5) is 0. The molecule has 2 aliphatic carbocycles. The lowest BCUT2D eigenvalue weighted by molar-refractivity contribution is 0.487. The van der Waals surface area contributed by atoms with Crippen molar-refractivity contribution in [2.45, 2.75) is 5.41 Å². The maximum atomic E-state index is 6.52. The van der Waals surface area contributed by atoms with E-state index >= 15 is 0 Å². The second-order valence-electron chi connectivity index (χ2n) is 16.2. The molecule has 0 unspecified atom stereocenters. The third-order valence-electron chi connectivity index (χ3n) is 13.5. The molecule has 0 fully saturated rings. The number of ether oxygens (including phenoxy) is 1. The van der Waals surface area contributed by atoms with Crippen molar-refractivity contribution >= 4 is 43.5 Å². The molecule has 1 aromatic heterocycles. The van der Waals surface area contributed by atoms with Crippen LogP contribution in [-0.4, -0.2) is 0 Å². The molecular formula is C57H32O2. The minimum atomic E-state index is -0.452. The van der Waals surface area contributed by atoms with Gasteiger partial charge in [-0.05, 0) is 125 Å². The molecule has 272 valence electrons. The Bertz CT molecular complexity index is 3610. The summed E-state index contributed by atoms with van der Waals surface area (Å²) in [6, 6.07) is 71.5. The van der Waals surface area contributed by atoms with Crippen LogP contribution in [0.1, 0.15) is 22.3 Å². The van der Waals surface area contributed by atoms with Gasteiger partial charge in [-0.1, -0.05) is 158 Å². The molecule has 10 aromatic carbocycles. The Labute approximate surface area is 340 Å². The van der Waals surface area contributed by atoms with Gasteiger partial charge in [0.1, 0.15) is 22.7 Å². The quantitative estimate of drug-likeness (QED) is 0.176. The van der Waals surface area contributed by atoms with Crippen molar-refractivity contribution in [2.24, 2.45) is 0 Å². The Balaban J connectivity index is 1.05. The minimum Gasteiger partial charge on any atom is -0.456 e. The zero-order chi connectivity index (χ0) is 38.4. The molecule has 0 N–H and O–H groups in total. The molecule has 14 rings (SSSR count). The summed E-state index contributed by atoms with van der Waals surface area (Å²) in [5.41, 5.74) is 19.1. The van der Waals surface area contributed by atoms with Crippen LogP contribution in [0.4, 0.5) is 0 Å². The largest absolute Gasteiger partial charge is 0.456 e. The predicted octanol–water partition coefficient (Wildman–Crippen LogP) is 15.3. The molecule has 0 bridgehead atoms. The van der Waals surface area contributed by atoms with Gasteiger partial charge in [-0.3, -0.25) is 0 Å². The minimum absolute atomic E-state index is 0.452. The van der Waals surface area contributed by atoms with Crippen LogP contribution >= 0.6 is 0 Å². The van der Waals surface area contributed by atoms with E-state index in [-0.39, 0.29) is 0 Å². The summed E-state index contributed by atoms with van der Waals surface area (Å²) in [6.07, 6.45) is 0. The molecule has 59 heavy (non-hydrogen) atoms. The van der Waals surface area contributed by atoms with Gasteiger partial charge in [0.25, 0.3) is 0 Å². The van der Waals surface area contributed by atoms with Crippen LogP contribution in [0.3, 0.4) is 0 Å². The van der Waals surface area contributed by atoms with Crippen molar-refractivity contribution in [3.05, 3.63) is 216 Å². The Morgan fingerprint density at radius 2 is 0.915 bits per heavy atom. The second-order valence-corrected chi connectivity index (χ2v) is 16.2. The first-order chi connectivity index (χ1) is 29.3. The van der Waals surface area contributed by atoms with Gasteiger partial charge in [-0.2, -0.15) is 0 Å². The van der Waals surface area contributed by atoms with E-state index in [1.807, 2.05) is 12.1 Å². The predicted molar refractivity (Wildman–Crippen MR) is 241 cm³/mol. The van der Waals surface area contributed by atoms with Crippen molar-refractivity contribution in [2.75, 3.05) is 0 Å². The number of hydrogen-bond acceptors (Lipinski definition) is 2. The average molecular weight is 749 g/mol. The highest BCUT2D eigenvalue weighted by Gasteiger charge is 2.52. The number of fused-ring (bicyclic) bond motifs is 17. The summed E-state index contributed by atoms with van der Waals surface area (Å²) in [5, 5.41) is 7.14. The van der Waals surface area contributed by atoms with Crippen LogP contribution in [0.15, 0.2) is 199 Å². The lowest BCUT2D eigenvalue weighted by Crippen LogP contribution is -2.25. The number of benzene rings is 10. The smallest absolute Gasteiger partial charge is 0.135 e. The molecule has 0 saturated heterocycles. The summed E-state index contributed by atoms with van der Waals surface area (Å²) in [7, 11) is 0. The molecule has 0 saturated carbocycles. The normalized spacial score (nSPS) is 13.7. The first kappa shape index (κ1) is 31.4. The molecule has 0 amide bonds. The summed E-state index contributed by atoms with van der Waals surface area (Å²) >= 11 is 0. The zero-order valence-corrected chi connectivity index (χ0v) is 31.8. The van der Waals surface area contributed by atoms with Crippen LogP contribution in [0.5, 0.6) is 11.5 Å². The van der Waals surface area contributed by atoms with E-state index in [1.165, 1.54) is 88.5 Å². The molecule has 2 nitrogen and oxygen atoms in total. The van der Waals surface area contributed by atoms with Crippen molar-refractivity contribution in [1.82, 2.24) is 0 Å². The van der Waals surface area contributed by atoms with Crippen molar-refractivity contribution in [1.29, 1.82) is 0 Å². The number of furan rings is 1. The third kappa shape index (κ3) is 3.96. The van der Waals surface area contributed by atoms with E-state index in [2.05, 4.69) is 182 Å². The molecule has 2 heterocycles. The Morgan fingerprint density at radius 1 is 0.305 bits per heavy atom. The standard InChI is InChI=1S/C57H32O2/c1-5-19-47-38(11-1)39-12-2-6-20-48(39)57(47)49-27-23-33(36-26-30-54-56-42(36)16-10-18-44(56)40-13-3-7-21-51(40)59-54)32-46(49)55-43-17-9-15-35(37(43)25-28-50(55)57)34-24-29-53-45(31-34)41-14-4-8-22-52(41)58-53/h1-32H. The van der Waals surface area contributed by atoms with Gasteiger partial charge in [0.05, 0.1) is 5.41 Å². The van der Waals surface area contributed by atoms with Gasteiger partial charge in [0.2, 0.25) is 0 Å². The van der Waals surface area contributed by atoms with E-state index < -0.39 is 5.41 Å². The van der Waals surface area contributed by atoms with Crippen LogP contribution < -0.4 is 4.74 Å². The molecule has 1 spiro atoms. The van der Waals surface area contributed by atoms with Gasteiger partial charge in [0.15, 0.2) is 0 Å². The number of hydrogen-bond donors (Lipinski definition) is 0. The average Bonchev–Trinajstić information content (AvgIpc) is 3.92. The first-order valence-electron chi connectivity index (χ1n) is 20.4. The molecule has 3 aliphatic rings. The van der Waals surface area contributed by atoms with Crippen molar-refractivity contribution in [3.8, 4) is 67.1 Å². The van der Waals surface area contributed by atoms with E-state index in [1.54, 1.807) is 0 Å². The van der Waals surface area contributed by atoms with Crippen LogP contribution in [0.2, 0.25) is 0 Å². The van der Waals surface area contributed by atoms with Gasteiger partial charge < -0.3 is 9.15 Å². The maximum Gasteiger partial charge on any atom is 0.135 e. The molecule has 1 aliphatic heterocycles. The topological polar surface area (TPSA) is 22.4 Å². The summed E-state index contributed by atoms with van der Waals surface area (Å²) in [5.74, 6) is 1.81. The fourth-order valence-electron chi connectivity index (χ4n) is 11.1. The monoisotopic (exact) mass is 748 g/mol. The van der Waals surface area contributed by atoms with E-state index in [9.17, 15) is 0 Å². The highest BCUT2D eigenvalue weighted by atomic mass is 16.5. The summed E-state index contributed by atoms with van der Waals surface area (Å²) < 4.78 is 12.8.